The fourth-order valence-electron chi connectivity index (χ4n) is 4.55. The van der Waals surface area contributed by atoms with Crippen LogP contribution < -0.4 is 9.80 Å². The quantitative estimate of drug-likeness (QED) is 0.591. The summed E-state index contributed by atoms with van der Waals surface area (Å²) in [6.07, 6.45) is 2.17. The number of halogens is 1. The highest BCUT2D eigenvalue weighted by molar-refractivity contribution is 6.30. The highest BCUT2D eigenvalue weighted by atomic mass is 35.5. The molecule has 2 aliphatic heterocycles. The first-order chi connectivity index (χ1) is 16.0. The predicted octanol–water partition coefficient (Wildman–Crippen LogP) is 3.74. The molecular formula is C25H26ClN5O2. The number of hydrogen-bond acceptors (Lipinski definition) is 4. The van der Waals surface area contributed by atoms with Crippen LogP contribution in [0.25, 0.3) is 0 Å². The molecule has 2 aliphatic rings. The molecule has 0 radical (unpaired) electrons. The number of aryl methyl sites for hydroxylation is 2. The molecule has 7 nitrogen and oxygen atoms in total. The second-order valence-electron chi connectivity index (χ2n) is 8.55. The first-order valence-corrected chi connectivity index (χ1v) is 11.6. The summed E-state index contributed by atoms with van der Waals surface area (Å²) in [6, 6.07) is 15.4. The van der Waals surface area contributed by atoms with Crippen molar-refractivity contribution in [2.24, 2.45) is 0 Å². The minimum Gasteiger partial charge on any atom is -0.368 e. The molecule has 3 aromatic rings. The average Bonchev–Trinajstić information content (AvgIpc) is 3.32. The molecule has 0 atom stereocenters. The lowest BCUT2D eigenvalue weighted by atomic mass is 10.1. The summed E-state index contributed by atoms with van der Waals surface area (Å²) < 4.78 is 1.85. The molecule has 1 saturated heterocycles. The molecule has 2 aromatic carbocycles. The fourth-order valence-corrected chi connectivity index (χ4v) is 4.72. The van der Waals surface area contributed by atoms with Gasteiger partial charge in [-0.25, -0.2) is 4.68 Å². The van der Waals surface area contributed by atoms with Gasteiger partial charge < -0.3 is 9.80 Å². The molecule has 0 spiro atoms. The van der Waals surface area contributed by atoms with Crippen LogP contribution in [0.4, 0.5) is 11.5 Å². The SMILES string of the molecule is Cc1ccc(Cl)cc1N1CCN(C(=O)c2ccc(CN3C(=O)CCn4nccc43)cc2)CC1. The Balaban J connectivity index is 1.22. The van der Waals surface area contributed by atoms with Gasteiger partial charge in [-0.3, -0.25) is 14.5 Å². The van der Waals surface area contributed by atoms with Crippen molar-refractivity contribution in [1.29, 1.82) is 0 Å². The van der Waals surface area contributed by atoms with Crippen molar-refractivity contribution in [3.63, 3.8) is 0 Å². The first-order valence-electron chi connectivity index (χ1n) is 11.2. The standard InChI is InChI=1S/C25H26ClN5O2/c1-18-2-7-21(26)16-22(18)28-12-14-29(15-13-28)25(33)20-5-3-19(4-6-20)17-30-23-8-10-27-31(23)11-9-24(30)32/h2-8,10,16H,9,11-15,17H2,1H3. The van der Waals surface area contributed by atoms with Gasteiger partial charge in [0.15, 0.2) is 0 Å². The van der Waals surface area contributed by atoms with Gasteiger partial charge >= 0.3 is 0 Å². The van der Waals surface area contributed by atoms with Gasteiger partial charge in [-0.2, -0.15) is 5.10 Å². The number of nitrogens with zero attached hydrogens (tertiary/aromatic N) is 5. The summed E-state index contributed by atoms with van der Waals surface area (Å²) in [7, 11) is 0. The number of anilines is 2. The Morgan fingerprint density at radius 1 is 1.00 bits per heavy atom. The van der Waals surface area contributed by atoms with Crippen LogP contribution >= 0.6 is 11.6 Å². The van der Waals surface area contributed by atoms with Gasteiger partial charge in [-0.15, -0.1) is 0 Å². The molecule has 3 heterocycles. The van der Waals surface area contributed by atoms with E-state index in [9.17, 15) is 9.59 Å². The van der Waals surface area contributed by atoms with Crippen LogP contribution in [0.3, 0.4) is 0 Å². The second kappa shape index (κ2) is 8.90. The number of rotatable bonds is 4. The van der Waals surface area contributed by atoms with Gasteiger partial charge in [-0.1, -0.05) is 29.8 Å². The molecule has 1 aromatic heterocycles. The maximum Gasteiger partial charge on any atom is 0.253 e. The Kier molecular flexibility index (Phi) is 5.81. The second-order valence-corrected chi connectivity index (χ2v) is 8.99. The summed E-state index contributed by atoms with van der Waals surface area (Å²) in [5.74, 6) is 0.950. The summed E-state index contributed by atoms with van der Waals surface area (Å²) >= 11 is 6.18. The van der Waals surface area contributed by atoms with Crippen molar-refractivity contribution in [3.8, 4) is 0 Å². The number of amides is 2. The third kappa shape index (κ3) is 4.33. The van der Waals surface area contributed by atoms with E-state index in [1.54, 1.807) is 11.1 Å². The van der Waals surface area contributed by atoms with E-state index in [2.05, 4.69) is 16.9 Å². The van der Waals surface area contributed by atoms with Gasteiger partial charge in [0.1, 0.15) is 5.82 Å². The van der Waals surface area contributed by atoms with Gasteiger partial charge in [0.25, 0.3) is 5.91 Å². The van der Waals surface area contributed by atoms with Crippen LogP contribution in [-0.4, -0.2) is 52.7 Å². The molecule has 0 bridgehead atoms. The molecule has 33 heavy (non-hydrogen) atoms. The Hall–Kier alpha value is -3.32. The van der Waals surface area contributed by atoms with Crippen LogP contribution in [0.5, 0.6) is 0 Å². The Morgan fingerprint density at radius 2 is 1.76 bits per heavy atom. The number of hydrogen-bond donors (Lipinski definition) is 0. The number of piperazine rings is 1. The van der Waals surface area contributed by atoms with Crippen LogP contribution in [0.15, 0.2) is 54.7 Å². The fraction of sp³-hybridized carbons (Fsp3) is 0.320. The van der Waals surface area contributed by atoms with E-state index in [-0.39, 0.29) is 11.8 Å². The third-order valence-electron chi connectivity index (χ3n) is 6.43. The van der Waals surface area contributed by atoms with Crippen molar-refractivity contribution in [1.82, 2.24) is 14.7 Å². The molecule has 1 fully saturated rings. The number of aromatic nitrogens is 2. The van der Waals surface area contributed by atoms with Crippen LogP contribution in [0.1, 0.15) is 27.9 Å². The van der Waals surface area contributed by atoms with Crippen molar-refractivity contribution < 1.29 is 9.59 Å². The van der Waals surface area contributed by atoms with Gasteiger partial charge in [-0.05, 0) is 42.3 Å². The van der Waals surface area contributed by atoms with E-state index in [0.29, 0.717) is 38.2 Å². The zero-order valence-electron chi connectivity index (χ0n) is 18.6. The lowest BCUT2D eigenvalue weighted by Gasteiger charge is -2.37. The average molecular weight is 464 g/mol. The highest BCUT2D eigenvalue weighted by Crippen LogP contribution is 2.26. The molecule has 0 unspecified atom stereocenters. The van der Waals surface area contributed by atoms with Crippen molar-refractivity contribution in [3.05, 3.63) is 76.4 Å². The molecule has 2 amide bonds. The van der Waals surface area contributed by atoms with E-state index in [1.165, 1.54) is 5.56 Å². The normalized spacial score (nSPS) is 16.2. The van der Waals surface area contributed by atoms with Crippen LogP contribution in [0, 0.1) is 6.92 Å². The highest BCUT2D eigenvalue weighted by Gasteiger charge is 2.26. The lowest BCUT2D eigenvalue weighted by molar-refractivity contribution is -0.119. The van der Waals surface area contributed by atoms with Crippen molar-refractivity contribution in [2.75, 3.05) is 36.0 Å². The number of benzene rings is 2. The number of fused-ring (bicyclic) bond motifs is 1. The van der Waals surface area contributed by atoms with Gasteiger partial charge in [0.05, 0.1) is 19.3 Å². The summed E-state index contributed by atoms with van der Waals surface area (Å²) in [5, 5.41) is 5.00. The Labute approximate surface area is 198 Å². The minimum absolute atomic E-state index is 0.0381. The molecule has 0 N–H and O–H groups in total. The molecule has 0 aliphatic carbocycles. The van der Waals surface area contributed by atoms with E-state index < -0.39 is 0 Å². The topological polar surface area (TPSA) is 61.7 Å². The number of carbonyl (C=O) groups is 2. The predicted molar refractivity (Wildman–Crippen MR) is 129 cm³/mol. The molecule has 5 rings (SSSR count). The third-order valence-corrected chi connectivity index (χ3v) is 6.66. The Bertz CT molecular complexity index is 1180. The molecule has 170 valence electrons. The lowest BCUT2D eigenvalue weighted by Crippen LogP contribution is -2.49. The molecule has 8 heteroatoms. The van der Waals surface area contributed by atoms with Crippen LogP contribution in [0.2, 0.25) is 5.02 Å². The molecule has 0 saturated carbocycles. The van der Waals surface area contributed by atoms with Crippen molar-refractivity contribution in [2.45, 2.75) is 26.4 Å². The maximum absolute atomic E-state index is 13.1. The largest absolute Gasteiger partial charge is 0.368 e. The summed E-state index contributed by atoms with van der Waals surface area (Å²) in [4.78, 5) is 31.4. The smallest absolute Gasteiger partial charge is 0.253 e. The monoisotopic (exact) mass is 463 g/mol. The van der Waals surface area contributed by atoms with E-state index in [4.69, 9.17) is 11.6 Å². The minimum atomic E-state index is 0.0381. The number of carbonyl (C=O) groups excluding carboxylic acids is 2. The first kappa shape index (κ1) is 21.5. The maximum atomic E-state index is 13.1. The summed E-state index contributed by atoms with van der Waals surface area (Å²) in [6.45, 7) is 6.05. The van der Waals surface area contributed by atoms with Gasteiger partial charge in [0, 0.05) is 54.9 Å². The van der Waals surface area contributed by atoms with E-state index in [1.807, 2.05) is 58.1 Å². The summed E-state index contributed by atoms with van der Waals surface area (Å²) in [5.41, 5.74) is 3.97. The van der Waals surface area contributed by atoms with Crippen molar-refractivity contribution >= 4 is 34.9 Å². The van der Waals surface area contributed by atoms with E-state index >= 15 is 0 Å². The zero-order valence-corrected chi connectivity index (χ0v) is 19.3. The van der Waals surface area contributed by atoms with E-state index in [0.717, 1.165) is 35.2 Å². The Morgan fingerprint density at radius 3 is 2.52 bits per heavy atom. The van der Waals surface area contributed by atoms with Gasteiger partial charge in [0.2, 0.25) is 5.91 Å². The molecular weight excluding hydrogens is 438 g/mol. The zero-order chi connectivity index (χ0) is 22.9. The van der Waals surface area contributed by atoms with Crippen LogP contribution in [-0.2, 0) is 17.9 Å².